The number of nitrogens with one attached hydrogen (secondary N) is 1. The summed E-state index contributed by atoms with van der Waals surface area (Å²) < 4.78 is 14.7. The van der Waals surface area contributed by atoms with Crippen LogP contribution >= 0.6 is 0 Å². The van der Waals surface area contributed by atoms with E-state index in [2.05, 4.69) is 15.4 Å². The molecule has 0 aliphatic rings. The topological polar surface area (TPSA) is 97.1 Å². The first-order chi connectivity index (χ1) is 10.4. The van der Waals surface area contributed by atoms with Crippen molar-refractivity contribution in [1.29, 1.82) is 0 Å². The number of benzene rings is 1. The molecule has 2 rings (SSSR count). The van der Waals surface area contributed by atoms with E-state index < -0.39 is 24.2 Å². The normalized spacial score (nSPS) is 10.7. The van der Waals surface area contributed by atoms with Crippen molar-refractivity contribution in [3.8, 4) is 5.69 Å². The number of aliphatic carboxylic acids is 1. The van der Waals surface area contributed by atoms with E-state index in [0.717, 1.165) is 0 Å². The Morgan fingerprint density at radius 1 is 1.41 bits per heavy atom. The molecule has 0 aliphatic heterocycles. The van der Waals surface area contributed by atoms with Gasteiger partial charge in [0.1, 0.15) is 18.2 Å². The molecule has 0 radical (unpaired) electrons. The van der Waals surface area contributed by atoms with Gasteiger partial charge in [-0.05, 0) is 18.2 Å². The number of hydrogen-bond donors (Lipinski definition) is 2. The van der Waals surface area contributed by atoms with E-state index in [1.165, 1.54) is 22.9 Å². The predicted molar refractivity (Wildman–Crippen MR) is 75.4 cm³/mol. The first kappa shape index (κ1) is 15.6. The third-order valence-electron chi connectivity index (χ3n) is 2.80. The summed E-state index contributed by atoms with van der Waals surface area (Å²) in [6.45, 7) is 3.20. The lowest BCUT2D eigenvalue weighted by Gasteiger charge is -2.07. The second-order valence-corrected chi connectivity index (χ2v) is 4.92. The Kier molecular flexibility index (Phi) is 4.50. The van der Waals surface area contributed by atoms with E-state index in [4.69, 9.17) is 5.11 Å². The zero-order valence-corrected chi connectivity index (χ0v) is 12.1. The summed E-state index contributed by atoms with van der Waals surface area (Å²) in [7, 11) is 0. The van der Waals surface area contributed by atoms with Crippen molar-refractivity contribution >= 4 is 11.9 Å². The van der Waals surface area contributed by atoms with Gasteiger partial charge < -0.3 is 10.4 Å². The predicted octanol–water partition coefficient (Wildman–Crippen LogP) is 1.34. The highest BCUT2D eigenvalue weighted by molar-refractivity contribution is 5.92. The van der Waals surface area contributed by atoms with Crippen LogP contribution in [0.3, 0.4) is 0 Å². The molecule has 2 aromatic rings. The van der Waals surface area contributed by atoms with Gasteiger partial charge in [-0.1, -0.05) is 19.9 Å². The van der Waals surface area contributed by atoms with Crippen LogP contribution in [0, 0.1) is 5.82 Å². The van der Waals surface area contributed by atoms with Crippen LogP contribution in [0.2, 0.25) is 0 Å². The van der Waals surface area contributed by atoms with Crippen LogP contribution in [0.25, 0.3) is 5.69 Å². The van der Waals surface area contributed by atoms with Crippen LogP contribution in [0.4, 0.5) is 4.39 Å². The fourth-order valence-electron chi connectivity index (χ4n) is 1.83. The number of carbonyl (C=O) groups is 2. The fraction of sp³-hybridized carbons (Fsp3) is 0.286. The molecular formula is C14H15FN4O3. The summed E-state index contributed by atoms with van der Waals surface area (Å²) in [4.78, 5) is 26.4. The first-order valence-electron chi connectivity index (χ1n) is 6.61. The lowest BCUT2D eigenvalue weighted by molar-refractivity contribution is -0.135. The van der Waals surface area contributed by atoms with Gasteiger partial charge in [-0.25, -0.2) is 14.1 Å². The Balaban J connectivity index is 2.38. The number of carboxylic acid groups (broad SMARTS) is 1. The maximum Gasteiger partial charge on any atom is 0.322 e. The molecule has 1 aromatic heterocycles. The Labute approximate surface area is 125 Å². The van der Waals surface area contributed by atoms with Crippen LogP contribution < -0.4 is 5.32 Å². The molecule has 0 fully saturated rings. The van der Waals surface area contributed by atoms with Gasteiger partial charge in [0, 0.05) is 5.92 Å². The monoisotopic (exact) mass is 306 g/mol. The van der Waals surface area contributed by atoms with Crippen molar-refractivity contribution in [2.45, 2.75) is 19.8 Å². The average molecular weight is 306 g/mol. The van der Waals surface area contributed by atoms with Gasteiger partial charge in [0.15, 0.2) is 0 Å². The van der Waals surface area contributed by atoms with Gasteiger partial charge in [-0.2, -0.15) is 0 Å². The molecule has 1 amide bonds. The molecule has 0 saturated carbocycles. The maximum absolute atomic E-state index is 13.4. The molecule has 0 saturated heterocycles. The van der Waals surface area contributed by atoms with Gasteiger partial charge in [-0.3, -0.25) is 9.59 Å². The molecule has 1 heterocycles. The highest BCUT2D eigenvalue weighted by Gasteiger charge is 2.19. The standard InChI is InChI=1S/C14H15FN4O3/c1-8(2)13-17-12(14(22)16-7-11(20)21)18-19(13)10-5-3-4-9(15)6-10/h3-6,8H,7H2,1-2H3,(H,16,22)(H,20,21). The maximum atomic E-state index is 13.4. The molecule has 8 heteroatoms. The van der Waals surface area contributed by atoms with Crippen molar-refractivity contribution < 1.29 is 19.1 Å². The number of hydrogen-bond acceptors (Lipinski definition) is 4. The zero-order chi connectivity index (χ0) is 16.3. The first-order valence-corrected chi connectivity index (χ1v) is 6.61. The Bertz CT molecular complexity index is 712. The second kappa shape index (κ2) is 6.33. The minimum Gasteiger partial charge on any atom is -0.480 e. The number of rotatable bonds is 5. The minimum atomic E-state index is -1.16. The molecule has 2 N–H and O–H groups in total. The van der Waals surface area contributed by atoms with E-state index in [0.29, 0.717) is 11.5 Å². The molecule has 1 aromatic carbocycles. The zero-order valence-electron chi connectivity index (χ0n) is 12.1. The van der Waals surface area contributed by atoms with Crippen molar-refractivity contribution in [3.05, 3.63) is 41.7 Å². The van der Waals surface area contributed by atoms with Crippen LogP contribution in [-0.4, -0.2) is 38.3 Å². The summed E-state index contributed by atoms with van der Waals surface area (Å²) in [5, 5.41) is 14.8. The number of carbonyl (C=O) groups excluding carboxylic acids is 1. The highest BCUT2D eigenvalue weighted by atomic mass is 19.1. The molecule has 22 heavy (non-hydrogen) atoms. The van der Waals surface area contributed by atoms with Gasteiger partial charge in [0.2, 0.25) is 5.82 Å². The van der Waals surface area contributed by atoms with E-state index in [1.54, 1.807) is 6.07 Å². The summed E-state index contributed by atoms with van der Waals surface area (Å²) in [6.07, 6.45) is 0. The van der Waals surface area contributed by atoms with Crippen LogP contribution in [0.15, 0.2) is 24.3 Å². The second-order valence-electron chi connectivity index (χ2n) is 4.92. The molecular weight excluding hydrogens is 291 g/mol. The van der Waals surface area contributed by atoms with Gasteiger partial charge >= 0.3 is 5.97 Å². The van der Waals surface area contributed by atoms with Crippen LogP contribution in [0.5, 0.6) is 0 Å². The minimum absolute atomic E-state index is 0.0585. The van der Waals surface area contributed by atoms with E-state index >= 15 is 0 Å². The smallest absolute Gasteiger partial charge is 0.322 e. The Morgan fingerprint density at radius 2 is 2.14 bits per heavy atom. The molecule has 7 nitrogen and oxygen atoms in total. The van der Waals surface area contributed by atoms with Crippen molar-refractivity contribution in [2.24, 2.45) is 0 Å². The van der Waals surface area contributed by atoms with E-state index in [9.17, 15) is 14.0 Å². The largest absolute Gasteiger partial charge is 0.480 e. The summed E-state index contributed by atoms with van der Waals surface area (Å²) in [6, 6.07) is 5.75. The fourth-order valence-corrected chi connectivity index (χ4v) is 1.83. The van der Waals surface area contributed by atoms with Gasteiger partial charge in [-0.15, -0.1) is 5.10 Å². The summed E-state index contributed by atoms with van der Waals surface area (Å²) >= 11 is 0. The third-order valence-corrected chi connectivity index (χ3v) is 2.80. The number of carboxylic acids is 1. The number of nitrogens with zero attached hydrogens (tertiary/aromatic N) is 3. The van der Waals surface area contributed by atoms with Crippen LogP contribution in [0.1, 0.15) is 36.2 Å². The van der Waals surface area contributed by atoms with Crippen LogP contribution in [-0.2, 0) is 4.79 Å². The number of amides is 1. The molecule has 0 aliphatic carbocycles. The summed E-state index contributed by atoms with van der Waals surface area (Å²) in [5.74, 6) is -2.03. The number of halogens is 1. The van der Waals surface area contributed by atoms with Crippen molar-refractivity contribution in [1.82, 2.24) is 20.1 Å². The highest BCUT2D eigenvalue weighted by Crippen LogP contribution is 2.18. The Morgan fingerprint density at radius 3 is 2.73 bits per heavy atom. The van der Waals surface area contributed by atoms with Gasteiger partial charge in [0.25, 0.3) is 5.91 Å². The molecule has 0 atom stereocenters. The quantitative estimate of drug-likeness (QED) is 0.869. The lowest BCUT2D eigenvalue weighted by atomic mass is 10.2. The Hall–Kier alpha value is -2.77. The van der Waals surface area contributed by atoms with Crippen molar-refractivity contribution in [3.63, 3.8) is 0 Å². The molecule has 0 bridgehead atoms. The third kappa shape index (κ3) is 3.46. The van der Waals surface area contributed by atoms with Crippen molar-refractivity contribution in [2.75, 3.05) is 6.54 Å². The number of aromatic nitrogens is 3. The summed E-state index contributed by atoms with van der Waals surface area (Å²) in [5.41, 5.74) is 0.438. The van der Waals surface area contributed by atoms with E-state index in [1.807, 2.05) is 13.8 Å². The van der Waals surface area contributed by atoms with Gasteiger partial charge in [0.05, 0.1) is 5.69 Å². The molecule has 0 unspecified atom stereocenters. The SMILES string of the molecule is CC(C)c1nc(C(=O)NCC(=O)O)nn1-c1cccc(F)c1. The molecule has 116 valence electrons. The average Bonchev–Trinajstić information content (AvgIpc) is 2.90. The van der Waals surface area contributed by atoms with E-state index in [-0.39, 0.29) is 11.7 Å². The molecule has 0 spiro atoms. The lowest BCUT2D eigenvalue weighted by Crippen LogP contribution is -2.30.